The quantitative estimate of drug-likeness (QED) is 0.820. The number of halogens is 4. The van der Waals surface area contributed by atoms with Gasteiger partial charge in [0.05, 0.1) is 0 Å². The Bertz CT molecular complexity index is 439. The lowest BCUT2D eigenvalue weighted by atomic mass is 9.85. The topological polar surface area (TPSA) is 24.5 Å². The maximum atomic E-state index is 6.50. The molecule has 3 nitrogen and oxygen atoms in total. The predicted molar refractivity (Wildman–Crippen MR) is 102 cm³/mol. The van der Waals surface area contributed by atoms with Crippen molar-refractivity contribution in [2.24, 2.45) is 5.92 Å². The molecule has 0 aromatic heterocycles. The Kier molecular flexibility index (Phi) is 9.54. The summed E-state index contributed by atoms with van der Waals surface area (Å²) < 4.78 is 5.54. The van der Waals surface area contributed by atoms with E-state index < -0.39 is 0 Å². The summed E-state index contributed by atoms with van der Waals surface area (Å²) in [6, 6.07) is 6.14. The molecule has 2 aliphatic rings. The summed E-state index contributed by atoms with van der Waals surface area (Å²) >= 11 is 13.0. The Morgan fingerprint density at radius 3 is 2.17 bits per heavy atom. The van der Waals surface area contributed by atoms with Crippen molar-refractivity contribution in [3.63, 3.8) is 0 Å². The predicted octanol–water partition coefficient (Wildman–Crippen LogP) is 4.21. The first kappa shape index (κ1) is 21.3. The summed E-state index contributed by atoms with van der Waals surface area (Å²) in [5.74, 6) is 0.564. The van der Waals surface area contributed by atoms with E-state index in [1.807, 2.05) is 18.2 Å². The van der Waals surface area contributed by atoms with E-state index in [-0.39, 0.29) is 24.8 Å². The standard InChI is InChI=1S/C16H22Cl2N2O.2ClH/c17-13-2-1-3-14(18)15(13)16(12-4-10-21-11-5-12)20-8-6-19-7-9-20;;/h1-3,12,16,19H,4-11H2;2*1H/t16-;;/m0../s1. The van der Waals surface area contributed by atoms with Crippen molar-refractivity contribution in [3.05, 3.63) is 33.8 Å². The molecule has 0 unspecified atom stereocenters. The molecule has 1 atom stereocenters. The Labute approximate surface area is 160 Å². The maximum Gasteiger partial charge on any atom is 0.0469 e. The lowest BCUT2D eigenvalue weighted by molar-refractivity contribution is 0.0213. The van der Waals surface area contributed by atoms with Gasteiger partial charge in [0.15, 0.2) is 0 Å². The zero-order valence-corrected chi connectivity index (χ0v) is 16.1. The molecule has 7 heteroatoms. The molecule has 2 saturated heterocycles. The number of rotatable bonds is 3. The van der Waals surface area contributed by atoms with Crippen molar-refractivity contribution in [1.29, 1.82) is 0 Å². The fourth-order valence-electron chi connectivity index (χ4n) is 3.50. The summed E-state index contributed by atoms with van der Waals surface area (Å²) in [5.41, 5.74) is 1.11. The number of nitrogens with one attached hydrogen (secondary N) is 1. The lowest BCUT2D eigenvalue weighted by Gasteiger charge is -2.41. The first-order chi connectivity index (χ1) is 10.3. The molecular formula is C16H24Cl4N2O. The molecule has 2 aliphatic heterocycles. The Balaban J connectivity index is 0.00000132. The third kappa shape index (κ3) is 5.12. The Morgan fingerprint density at radius 2 is 1.61 bits per heavy atom. The summed E-state index contributed by atoms with van der Waals surface area (Å²) in [6.07, 6.45) is 2.16. The van der Waals surface area contributed by atoms with Crippen molar-refractivity contribution < 1.29 is 4.74 Å². The van der Waals surface area contributed by atoms with Crippen molar-refractivity contribution in [2.45, 2.75) is 18.9 Å². The van der Waals surface area contributed by atoms with Gasteiger partial charge < -0.3 is 10.1 Å². The molecule has 2 fully saturated rings. The van der Waals surface area contributed by atoms with Crippen LogP contribution in [0, 0.1) is 5.92 Å². The van der Waals surface area contributed by atoms with Crippen molar-refractivity contribution >= 4 is 48.0 Å². The van der Waals surface area contributed by atoms with E-state index in [1.165, 1.54) is 0 Å². The molecule has 2 heterocycles. The average molecular weight is 402 g/mol. The highest BCUT2D eigenvalue weighted by Crippen LogP contribution is 2.41. The largest absolute Gasteiger partial charge is 0.381 e. The molecule has 0 saturated carbocycles. The van der Waals surface area contributed by atoms with Crippen LogP contribution < -0.4 is 5.32 Å². The SMILES string of the molecule is Cl.Cl.Clc1cccc(Cl)c1[C@H](C1CCOCC1)N1CCNCC1. The number of nitrogens with zero attached hydrogens (tertiary/aromatic N) is 1. The molecule has 0 radical (unpaired) electrons. The van der Waals surface area contributed by atoms with Crippen LogP contribution >= 0.6 is 48.0 Å². The Hall–Kier alpha value is 0.260. The van der Waals surface area contributed by atoms with Gasteiger partial charge >= 0.3 is 0 Å². The van der Waals surface area contributed by atoms with Crippen LogP contribution in [0.25, 0.3) is 0 Å². The molecular weight excluding hydrogens is 378 g/mol. The monoisotopic (exact) mass is 400 g/mol. The lowest BCUT2D eigenvalue weighted by Crippen LogP contribution is -2.47. The van der Waals surface area contributed by atoms with Gasteiger partial charge in [-0.3, -0.25) is 4.90 Å². The van der Waals surface area contributed by atoms with E-state index in [2.05, 4.69) is 10.2 Å². The van der Waals surface area contributed by atoms with Crippen molar-refractivity contribution in [1.82, 2.24) is 10.2 Å². The first-order valence-electron chi connectivity index (χ1n) is 7.74. The first-order valence-corrected chi connectivity index (χ1v) is 8.49. The smallest absolute Gasteiger partial charge is 0.0469 e. The highest BCUT2D eigenvalue weighted by atomic mass is 35.5. The summed E-state index contributed by atoms with van der Waals surface area (Å²) in [5, 5.41) is 5.00. The summed E-state index contributed by atoms with van der Waals surface area (Å²) in [7, 11) is 0. The van der Waals surface area contributed by atoms with Gasteiger partial charge in [0.25, 0.3) is 0 Å². The van der Waals surface area contributed by atoms with Gasteiger partial charge in [0, 0.05) is 61.0 Å². The van der Waals surface area contributed by atoms with E-state index in [9.17, 15) is 0 Å². The molecule has 0 amide bonds. The number of hydrogen-bond acceptors (Lipinski definition) is 3. The summed E-state index contributed by atoms with van der Waals surface area (Å²) in [6.45, 7) is 5.83. The molecule has 0 spiro atoms. The molecule has 0 aliphatic carbocycles. The van der Waals surface area contributed by atoms with Crippen LogP contribution in [0.15, 0.2) is 18.2 Å². The number of benzene rings is 1. The Morgan fingerprint density at radius 1 is 1.04 bits per heavy atom. The number of piperazine rings is 1. The molecule has 23 heavy (non-hydrogen) atoms. The van der Waals surface area contributed by atoms with E-state index in [0.29, 0.717) is 12.0 Å². The fourth-order valence-corrected chi connectivity index (χ4v) is 4.12. The highest BCUT2D eigenvalue weighted by Gasteiger charge is 2.33. The van der Waals surface area contributed by atoms with Gasteiger partial charge in [0.2, 0.25) is 0 Å². The molecule has 3 rings (SSSR count). The van der Waals surface area contributed by atoms with Crippen LogP contribution in [-0.4, -0.2) is 44.3 Å². The minimum Gasteiger partial charge on any atom is -0.381 e. The normalized spacial score (nSPS) is 21.1. The molecule has 1 aromatic carbocycles. The molecule has 132 valence electrons. The van der Waals surface area contributed by atoms with Gasteiger partial charge in [-0.15, -0.1) is 24.8 Å². The van der Waals surface area contributed by atoms with Gasteiger partial charge in [-0.2, -0.15) is 0 Å². The van der Waals surface area contributed by atoms with Crippen LogP contribution in [0.1, 0.15) is 24.4 Å². The zero-order chi connectivity index (χ0) is 14.7. The summed E-state index contributed by atoms with van der Waals surface area (Å²) in [4.78, 5) is 2.54. The minimum atomic E-state index is 0. The maximum absolute atomic E-state index is 6.50. The molecule has 0 bridgehead atoms. The second-order valence-electron chi connectivity index (χ2n) is 5.82. The van der Waals surface area contributed by atoms with Gasteiger partial charge in [0.1, 0.15) is 0 Å². The zero-order valence-electron chi connectivity index (χ0n) is 13.0. The van der Waals surface area contributed by atoms with Gasteiger partial charge in [-0.05, 0) is 30.9 Å². The second kappa shape index (κ2) is 10.3. The van der Waals surface area contributed by atoms with Crippen LogP contribution in [-0.2, 0) is 4.74 Å². The average Bonchev–Trinajstić information content (AvgIpc) is 2.53. The second-order valence-corrected chi connectivity index (χ2v) is 6.63. The number of hydrogen-bond donors (Lipinski definition) is 1. The van der Waals surface area contributed by atoms with Crippen LogP contribution in [0.2, 0.25) is 10.0 Å². The van der Waals surface area contributed by atoms with Gasteiger partial charge in [-0.25, -0.2) is 0 Å². The van der Waals surface area contributed by atoms with E-state index in [4.69, 9.17) is 27.9 Å². The van der Waals surface area contributed by atoms with Crippen molar-refractivity contribution in [3.8, 4) is 0 Å². The van der Waals surface area contributed by atoms with E-state index >= 15 is 0 Å². The van der Waals surface area contributed by atoms with Crippen LogP contribution in [0.3, 0.4) is 0 Å². The molecule has 1 aromatic rings. The minimum absolute atomic E-state index is 0. The van der Waals surface area contributed by atoms with Crippen molar-refractivity contribution in [2.75, 3.05) is 39.4 Å². The fraction of sp³-hybridized carbons (Fsp3) is 0.625. The van der Waals surface area contributed by atoms with Crippen LogP contribution in [0.4, 0.5) is 0 Å². The van der Waals surface area contributed by atoms with E-state index in [0.717, 1.165) is 67.8 Å². The van der Waals surface area contributed by atoms with E-state index in [1.54, 1.807) is 0 Å². The van der Waals surface area contributed by atoms with Gasteiger partial charge in [-0.1, -0.05) is 29.3 Å². The third-order valence-corrected chi connectivity index (χ3v) is 5.21. The highest BCUT2D eigenvalue weighted by molar-refractivity contribution is 6.36. The molecule has 1 N–H and O–H groups in total. The number of ether oxygens (including phenoxy) is 1. The van der Waals surface area contributed by atoms with Crippen LogP contribution in [0.5, 0.6) is 0 Å². The third-order valence-electron chi connectivity index (χ3n) is 4.55.